The van der Waals surface area contributed by atoms with Crippen LogP contribution in [0.3, 0.4) is 0 Å². The lowest BCUT2D eigenvalue weighted by atomic mass is 10.1. The van der Waals surface area contributed by atoms with Crippen molar-refractivity contribution in [2.45, 2.75) is 6.04 Å². The summed E-state index contributed by atoms with van der Waals surface area (Å²) in [5, 5.41) is 0. The molecule has 3 N–H and O–H groups in total. The van der Waals surface area contributed by atoms with Crippen LogP contribution < -0.4 is 5.73 Å². The molecule has 0 saturated heterocycles. The van der Waals surface area contributed by atoms with Crippen LogP contribution in [0.2, 0.25) is 0 Å². The van der Waals surface area contributed by atoms with E-state index in [0.29, 0.717) is 5.56 Å². The minimum atomic E-state index is -0.984. The van der Waals surface area contributed by atoms with Gasteiger partial charge >= 0.3 is 5.97 Å². The number of esters is 1. The van der Waals surface area contributed by atoms with Gasteiger partial charge in [0.05, 0.1) is 7.11 Å². The highest BCUT2D eigenvalue weighted by Gasteiger charge is 2.27. The summed E-state index contributed by atoms with van der Waals surface area (Å²) in [6, 6.07) is 7.57. The summed E-state index contributed by atoms with van der Waals surface area (Å²) in [5.41, 5.74) is 3.93. The number of ketones is 1. The van der Waals surface area contributed by atoms with Gasteiger partial charge in [0, 0.05) is 5.56 Å². The van der Waals surface area contributed by atoms with Crippen molar-refractivity contribution >= 4 is 11.8 Å². The Hall–Kier alpha value is -1.68. The Balaban J connectivity index is 2.81. The van der Waals surface area contributed by atoms with Crippen molar-refractivity contribution in [3.05, 3.63) is 35.9 Å². The first-order valence-corrected chi connectivity index (χ1v) is 4.17. The molecule has 4 heteroatoms. The third kappa shape index (κ3) is 2.17. The third-order valence-corrected chi connectivity index (χ3v) is 1.86. The van der Waals surface area contributed by atoms with Crippen molar-refractivity contribution in [2.24, 2.45) is 0 Å². The number of quaternary nitrogens is 1. The fraction of sp³-hybridized carbons (Fsp3) is 0.200. The van der Waals surface area contributed by atoms with Crippen LogP contribution in [0.5, 0.6) is 0 Å². The Morgan fingerprint density at radius 1 is 1.29 bits per heavy atom. The highest BCUT2D eigenvalue weighted by atomic mass is 16.5. The predicted octanol–water partition coefficient (Wildman–Crippen LogP) is -0.347. The average molecular weight is 194 g/mol. The van der Waals surface area contributed by atoms with Crippen LogP contribution in [-0.2, 0) is 9.53 Å². The topological polar surface area (TPSA) is 71.0 Å². The molecule has 0 bridgehead atoms. The zero-order chi connectivity index (χ0) is 10.6. The Morgan fingerprint density at radius 3 is 2.36 bits per heavy atom. The number of methoxy groups -OCH3 is 1. The highest BCUT2D eigenvalue weighted by Crippen LogP contribution is 2.02. The van der Waals surface area contributed by atoms with Crippen molar-refractivity contribution < 1.29 is 20.1 Å². The van der Waals surface area contributed by atoms with Gasteiger partial charge in [0.15, 0.2) is 0 Å². The largest absolute Gasteiger partial charge is 0.464 e. The lowest BCUT2D eigenvalue weighted by Gasteiger charge is -2.04. The van der Waals surface area contributed by atoms with E-state index in [-0.39, 0.29) is 5.78 Å². The van der Waals surface area contributed by atoms with Gasteiger partial charge in [0.2, 0.25) is 11.8 Å². The predicted molar refractivity (Wildman–Crippen MR) is 49.5 cm³/mol. The molecular weight excluding hydrogens is 182 g/mol. The smallest absolute Gasteiger partial charge is 0.373 e. The van der Waals surface area contributed by atoms with Crippen molar-refractivity contribution in [3.8, 4) is 0 Å². The van der Waals surface area contributed by atoms with Crippen LogP contribution in [0, 0.1) is 0 Å². The molecule has 0 aliphatic rings. The molecule has 1 atom stereocenters. The molecule has 1 aromatic rings. The van der Waals surface area contributed by atoms with E-state index in [1.165, 1.54) is 7.11 Å². The molecule has 0 saturated carbocycles. The number of ether oxygens (including phenoxy) is 1. The van der Waals surface area contributed by atoms with Gasteiger partial charge in [-0.3, -0.25) is 4.79 Å². The minimum absolute atomic E-state index is 0.322. The number of hydrogen-bond donors (Lipinski definition) is 1. The fourth-order valence-electron chi connectivity index (χ4n) is 1.05. The average Bonchev–Trinajstić information content (AvgIpc) is 2.27. The molecule has 0 aromatic heterocycles. The molecule has 4 nitrogen and oxygen atoms in total. The van der Waals surface area contributed by atoms with E-state index < -0.39 is 12.0 Å². The van der Waals surface area contributed by atoms with Crippen molar-refractivity contribution in [2.75, 3.05) is 7.11 Å². The molecule has 14 heavy (non-hydrogen) atoms. The standard InChI is InChI=1S/C10H11NO3/c1-14-10(13)8(11)9(12)7-5-3-2-4-6-7/h2-6,8H,11H2,1H3/p+1. The first-order valence-electron chi connectivity index (χ1n) is 4.17. The zero-order valence-electron chi connectivity index (χ0n) is 7.90. The van der Waals surface area contributed by atoms with Crippen LogP contribution in [0.4, 0.5) is 0 Å². The van der Waals surface area contributed by atoms with E-state index in [2.05, 4.69) is 10.5 Å². The van der Waals surface area contributed by atoms with Gasteiger partial charge in [0.1, 0.15) is 0 Å². The van der Waals surface area contributed by atoms with E-state index in [1.54, 1.807) is 30.3 Å². The Bertz CT molecular complexity index is 334. The van der Waals surface area contributed by atoms with Gasteiger partial charge in [0.25, 0.3) is 0 Å². The number of carbonyl (C=O) groups excluding carboxylic acids is 2. The second-order valence-electron chi connectivity index (χ2n) is 2.81. The van der Waals surface area contributed by atoms with E-state index in [4.69, 9.17) is 0 Å². The molecule has 0 radical (unpaired) electrons. The second-order valence-corrected chi connectivity index (χ2v) is 2.81. The summed E-state index contributed by atoms with van der Waals surface area (Å²) < 4.78 is 4.43. The van der Waals surface area contributed by atoms with E-state index in [9.17, 15) is 9.59 Å². The fourth-order valence-corrected chi connectivity index (χ4v) is 1.05. The summed E-state index contributed by atoms with van der Waals surface area (Å²) in [7, 11) is 1.23. The van der Waals surface area contributed by atoms with Gasteiger partial charge < -0.3 is 10.5 Å². The lowest BCUT2D eigenvalue weighted by molar-refractivity contribution is -0.388. The maximum absolute atomic E-state index is 11.6. The van der Waals surface area contributed by atoms with Crippen LogP contribution in [0.25, 0.3) is 0 Å². The van der Waals surface area contributed by atoms with Gasteiger partial charge in [-0.2, -0.15) is 0 Å². The zero-order valence-corrected chi connectivity index (χ0v) is 7.90. The van der Waals surface area contributed by atoms with E-state index in [0.717, 1.165) is 0 Å². The van der Waals surface area contributed by atoms with E-state index >= 15 is 0 Å². The first-order chi connectivity index (χ1) is 6.66. The number of rotatable bonds is 3. The van der Waals surface area contributed by atoms with Crippen LogP contribution in [0.15, 0.2) is 30.3 Å². The molecule has 1 aromatic carbocycles. The number of hydrogen-bond acceptors (Lipinski definition) is 3. The number of carbonyl (C=O) groups is 2. The monoisotopic (exact) mass is 194 g/mol. The summed E-state index contributed by atoms with van der Waals surface area (Å²) in [4.78, 5) is 22.6. The van der Waals surface area contributed by atoms with Crippen molar-refractivity contribution in [1.82, 2.24) is 0 Å². The second kappa shape index (κ2) is 4.53. The molecule has 0 heterocycles. The first kappa shape index (κ1) is 10.4. The van der Waals surface area contributed by atoms with Crippen LogP contribution in [0.1, 0.15) is 10.4 Å². The van der Waals surface area contributed by atoms with Gasteiger partial charge in [-0.15, -0.1) is 0 Å². The Labute approximate surface area is 81.7 Å². The molecule has 0 spiro atoms. The molecular formula is C10H12NO3+. The maximum atomic E-state index is 11.6. The maximum Gasteiger partial charge on any atom is 0.373 e. The molecule has 0 fully saturated rings. The molecule has 0 aliphatic heterocycles. The third-order valence-electron chi connectivity index (χ3n) is 1.86. The summed E-state index contributed by atoms with van der Waals surface area (Å²) in [6.45, 7) is 0. The number of Topliss-reactive ketones (excluding diaryl/α,β-unsaturated/α-hetero) is 1. The Kier molecular flexibility index (Phi) is 3.36. The quantitative estimate of drug-likeness (QED) is 0.406. The molecule has 1 unspecified atom stereocenters. The van der Waals surface area contributed by atoms with Crippen LogP contribution >= 0.6 is 0 Å². The van der Waals surface area contributed by atoms with Crippen molar-refractivity contribution in [3.63, 3.8) is 0 Å². The molecule has 0 amide bonds. The van der Waals surface area contributed by atoms with Crippen molar-refractivity contribution in [1.29, 1.82) is 0 Å². The molecule has 0 aliphatic carbocycles. The highest BCUT2D eigenvalue weighted by molar-refractivity contribution is 6.10. The summed E-state index contributed by atoms with van der Waals surface area (Å²) >= 11 is 0. The SMILES string of the molecule is COC(=O)C([NH3+])C(=O)c1ccccc1. The molecule has 1 rings (SSSR count). The van der Waals surface area contributed by atoms with Gasteiger partial charge in [-0.05, 0) is 0 Å². The number of benzene rings is 1. The van der Waals surface area contributed by atoms with Gasteiger partial charge in [-0.1, -0.05) is 30.3 Å². The lowest BCUT2D eigenvalue weighted by Crippen LogP contribution is -2.69. The summed E-state index contributed by atoms with van der Waals surface area (Å²) in [5.74, 6) is -0.934. The molecule has 74 valence electrons. The van der Waals surface area contributed by atoms with E-state index in [1.807, 2.05) is 0 Å². The summed E-state index contributed by atoms with van der Waals surface area (Å²) in [6.07, 6.45) is 0. The normalized spacial score (nSPS) is 11.9. The van der Waals surface area contributed by atoms with Gasteiger partial charge in [-0.25, -0.2) is 4.79 Å². The minimum Gasteiger partial charge on any atom is -0.464 e. The Morgan fingerprint density at radius 2 is 1.86 bits per heavy atom. The van der Waals surface area contributed by atoms with Crippen LogP contribution in [-0.4, -0.2) is 24.9 Å².